The number of hydrogen-bond donors (Lipinski definition) is 2. The molecule has 1 aliphatic heterocycles. The first-order valence-electron chi connectivity index (χ1n) is 6.80. The number of thiophene rings is 1. The fraction of sp³-hybridized carbons (Fsp3) is 0.643. The summed E-state index contributed by atoms with van der Waals surface area (Å²) in [6, 6.07) is 1.81. The van der Waals surface area contributed by atoms with E-state index in [9.17, 15) is 4.79 Å². The minimum Gasteiger partial charge on any atom is -0.495 e. The van der Waals surface area contributed by atoms with Gasteiger partial charge in [-0.2, -0.15) is 0 Å². The molecule has 0 atom stereocenters. The summed E-state index contributed by atoms with van der Waals surface area (Å²) in [6.07, 6.45) is 2.03. The fourth-order valence-corrected chi connectivity index (χ4v) is 3.38. The zero-order valence-electron chi connectivity index (χ0n) is 12.0. The SMILES string of the molecule is COCC1(CNC(=O)c2sccc2OC)CCNCC1. The normalized spacial score (nSPS) is 17.7. The van der Waals surface area contributed by atoms with E-state index in [1.165, 1.54) is 11.3 Å². The van der Waals surface area contributed by atoms with Gasteiger partial charge in [-0.1, -0.05) is 0 Å². The number of nitrogens with one attached hydrogen (secondary N) is 2. The van der Waals surface area contributed by atoms with Gasteiger partial charge in [0, 0.05) is 19.1 Å². The molecule has 1 amide bonds. The van der Waals surface area contributed by atoms with Gasteiger partial charge in [0.05, 0.1) is 13.7 Å². The quantitative estimate of drug-likeness (QED) is 0.835. The highest BCUT2D eigenvalue weighted by molar-refractivity contribution is 7.12. The average Bonchev–Trinajstić information content (AvgIpc) is 2.95. The Kier molecular flexibility index (Phi) is 5.39. The lowest BCUT2D eigenvalue weighted by molar-refractivity contribution is 0.0512. The highest BCUT2D eigenvalue weighted by atomic mass is 32.1. The first-order chi connectivity index (χ1) is 9.71. The summed E-state index contributed by atoms with van der Waals surface area (Å²) in [4.78, 5) is 12.9. The monoisotopic (exact) mass is 298 g/mol. The van der Waals surface area contributed by atoms with Gasteiger partial charge in [-0.3, -0.25) is 4.79 Å². The molecule has 0 aliphatic carbocycles. The summed E-state index contributed by atoms with van der Waals surface area (Å²) in [5.41, 5.74) is 0.0418. The summed E-state index contributed by atoms with van der Waals surface area (Å²) in [7, 11) is 3.30. The Morgan fingerprint density at radius 3 is 2.85 bits per heavy atom. The van der Waals surface area contributed by atoms with Crippen molar-refractivity contribution in [3.63, 3.8) is 0 Å². The van der Waals surface area contributed by atoms with E-state index in [4.69, 9.17) is 9.47 Å². The lowest BCUT2D eigenvalue weighted by Gasteiger charge is -2.37. The molecule has 0 spiro atoms. The molecule has 1 aliphatic rings. The first-order valence-corrected chi connectivity index (χ1v) is 7.68. The van der Waals surface area contributed by atoms with E-state index < -0.39 is 0 Å². The van der Waals surface area contributed by atoms with E-state index in [1.807, 2.05) is 11.4 Å². The maximum Gasteiger partial charge on any atom is 0.265 e. The van der Waals surface area contributed by atoms with Crippen LogP contribution >= 0.6 is 11.3 Å². The van der Waals surface area contributed by atoms with Crippen LogP contribution < -0.4 is 15.4 Å². The van der Waals surface area contributed by atoms with Gasteiger partial charge in [-0.15, -0.1) is 11.3 Å². The van der Waals surface area contributed by atoms with Crippen LogP contribution in [0.5, 0.6) is 5.75 Å². The number of amides is 1. The second kappa shape index (κ2) is 7.06. The lowest BCUT2D eigenvalue weighted by atomic mass is 9.79. The minimum atomic E-state index is -0.0640. The molecule has 2 heterocycles. The maximum absolute atomic E-state index is 12.2. The summed E-state index contributed by atoms with van der Waals surface area (Å²) >= 11 is 1.40. The molecule has 0 unspecified atom stereocenters. The Balaban J connectivity index is 1.97. The molecule has 20 heavy (non-hydrogen) atoms. The molecular weight excluding hydrogens is 276 g/mol. The van der Waals surface area contributed by atoms with Crippen LogP contribution in [0.2, 0.25) is 0 Å². The second-order valence-corrected chi connectivity index (χ2v) is 6.10. The van der Waals surface area contributed by atoms with E-state index in [0.717, 1.165) is 25.9 Å². The van der Waals surface area contributed by atoms with Crippen LogP contribution in [-0.2, 0) is 4.74 Å². The van der Waals surface area contributed by atoms with Crippen LogP contribution in [-0.4, -0.2) is 46.4 Å². The van der Waals surface area contributed by atoms with E-state index in [-0.39, 0.29) is 11.3 Å². The number of hydrogen-bond acceptors (Lipinski definition) is 5. The van der Waals surface area contributed by atoms with Crippen LogP contribution in [0.3, 0.4) is 0 Å². The van der Waals surface area contributed by atoms with Gasteiger partial charge in [0.1, 0.15) is 10.6 Å². The lowest BCUT2D eigenvalue weighted by Crippen LogP contribution is -2.47. The molecular formula is C14H22N2O3S. The van der Waals surface area contributed by atoms with Gasteiger partial charge in [0.15, 0.2) is 0 Å². The number of carbonyl (C=O) groups is 1. The van der Waals surface area contributed by atoms with E-state index in [2.05, 4.69) is 10.6 Å². The number of rotatable bonds is 6. The second-order valence-electron chi connectivity index (χ2n) is 5.18. The standard InChI is InChI=1S/C14H22N2O3S/c1-18-10-14(4-6-15-7-5-14)9-16-13(17)12-11(19-2)3-8-20-12/h3,8,15H,4-7,9-10H2,1-2H3,(H,16,17). The number of piperidine rings is 1. The summed E-state index contributed by atoms with van der Waals surface area (Å²) in [5.74, 6) is 0.574. The molecule has 5 nitrogen and oxygen atoms in total. The predicted molar refractivity (Wildman–Crippen MR) is 79.6 cm³/mol. The van der Waals surface area contributed by atoms with E-state index in [0.29, 0.717) is 23.8 Å². The highest BCUT2D eigenvalue weighted by Gasteiger charge is 2.32. The van der Waals surface area contributed by atoms with Gasteiger partial charge in [0.2, 0.25) is 0 Å². The highest BCUT2D eigenvalue weighted by Crippen LogP contribution is 2.29. The third-order valence-corrected chi connectivity index (χ3v) is 4.69. The van der Waals surface area contributed by atoms with Crippen molar-refractivity contribution in [1.29, 1.82) is 0 Å². The molecule has 1 aromatic rings. The van der Waals surface area contributed by atoms with Crippen LogP contribution in [0.4, 0.5) is 0 Å². The van der Waals surface area contributed by atoms with Crippen molar-refractivity contribution >= 4 is 17.2 Å². The van der Waals surface area contributed by atoms with Crippen molar-refractivity contribution in [2.24, 2.45) is 5.41 Å². The van der Waals surface area contributed by atoms with E-state index in [1.54, 1.807) is 14.2 Å². The molecule has 1 saturated heterocycles. The smallest absolute Gasteiger partial charge is 0.265 e. The molecule has 0 radical (unpaired) electrons. The molecule has 6 heteroatoms. The average molecular weight is 298 g/mol. The third-order valence-electron chi connectivity index (χ3n) is 3.79. The number of ether oxygens (including phenoxy) is 2. The molecule has 0 bridgehead atoms. The van der Waals surface area contributed by atoms with Crippen molar-refractivity contribution in [2.45, 2.75) is 12.8 Å². The Labute approximate surface area is 123 Å². The van der Waals surface area contributed by atoms with E-state index >= 15 is 0 Å². The third kappa shape index (κ3) is 3.50. The van der Waals surface area contributed by atoms with Crippen molar-refractivity contribution < 1.29 is 14.3 Å². The molecule has 2 rings (SSSR count). The first kappa shape index (κ1) is 15.3. The van der Waals surface area contributed by atoms with Crippen LogP contribution in [0.15, 0.2) is 11.4 Å². The van der Waals surface area contributed by atoms with Crippen LogP contribution in [0.1, 0.15) is 22.5 Å². The Hall–Kier alpha value is -1.11. The van der Waals surface area contributed by atoms with Crippen molar-refractivity contribution in [3.05, 3.63) is 16.3 Å². The van der Waals surface area contributed by atoms with Gasteiger partial charge >= 0.3 is 0 Å². The van der Waals surface area contributed by atoms with Crippen LogP contribution in [0.25, 0.3) is 0 Å². The van der Waals surface area contributed by atoms with Crippen molar-refractivity contribution in [1.82, 2.24) is 10.6 Å². The topological polar surface area (TPSA) is 59.6 Å². The van der Waals surface area contributed by atoms with Crippen molar-refractivity contribution in [2.75, 3.05) is 40.5 Å². The van der Waals surface area contributed by atoms with Gasteiger partial charge in [-0.05, 0) is 37.4 Å². The van der Waals surface area contributed by atoms with Gasteiger partial charge < -0.3 is 20.1 Å². The van der Waals surface area contributed by atoms with Crippen molar-refractivity contribution in [3.8, 4) is 5.75 Å². The molecule has 0 aromatic carbocycles. The molecule has 112 valence electrons. The Morgan fingerprint density at radius 1 is 1.45 bits per heavy atom. The summed E-state index contributed by atoms with van der Waals surface area (Å²) in [5, 5.41) is 8.25. The molecule has 1 fully saturated rings. The van der Waals surface area contributed by atoms with Crippen LogP contribution in [0, 0.1) is 5.41 Å². The Bertz CT molecular complexity index is 436. The zero-order valence-corrected chi connectivity index (χ0v) is 12.8. The summed E-state index contributed by atoms with van der Waals surface area (Å²) < 4.78 is 10.5. The number of carbonyl (C=O) groups excluding carboxylic acids is 1. The maximum atomic E-state index is 12.2. The Morgan fingerprint density at radius 2 is 2.20 bits per heavy atom. The van der Waals surface area contributed by atoms with Gasteiger partial charge in [-0.25, -0.2) is 0 Å². The molecule has 1 aromatic heterocycles. The zero-order chi connectivity index (χ0) is 14.4. The van der Waals surface area contributed by atoms with Gasteiger partial charge in [0.25, 0.3) is 5.91 Å². The fourth-order valence-electron chi connectivity index (χ4n) is 2.61. The minimum absolute atomic E-state index is 0.0418. The predicted octanol–water partition coefficient (Wildman–Crippen LogP) is 1.50. The molecule has 2 N–H and O–H groups in total. The largest absolute Gasteiger partial charge is 0.495 e. The molecule has 0 saturated carbocycles. The number of methoxy groups -OCH3 is 2. The summed E-state index contributed by atoms with van der Waals surface area (Å²) in [6.45, 7) is 3.27.